The minimum Gasteiger partial charge on any atom is -0.493 e. The van der Waals surface area contributed by atoms with E-state index in [1.54, 1.807) is 28.9 Å². The number of rotatable bonds is 3. The fourth-order valence-corrected chi connectivity index (χ4v) is 1.91. The van der Waals surface area contributed by atoms with E-state index in [4.69, 9.17) is 10.5 Å². The van der Waals surface area contributed by atoms with Crippen molar-refractivity contribution in [2.24, 2.45) is 19.8 Å². The molecule has 2 heterocycles. The summed E-state index contributed by atoms with van der Waals surface area (Å²) in [4.78, 5) is 0. The first-order valence-electron chi connectivity index (χ1n) is 5.36. The molecule has 17 heavy (non-hydrogen) atoms. The molecule has 0 fully saturated rings. The van der Waals surface area contributed by atoms with Gasteiger partial charge in [-0.15, -0.1) is 0 Å². The molecule has 0 aromatic carbocycles. The third-order valence-corrected chi connectivity index (χ3v) is 3.07. The summed E-state index contributed by atoms with van der Waals surface area (Å²) in [5.41, 5.74) is 9.13. The SMILES string of the molecule is COc1cnn(C)c1C(N)c1cnn(C)c1C. The van der Waals surface area contributed by atoms with Gasteiger partial charge in [0.1, 0.15) is 5.69 Å². The summed E-state index contributed by atoms with van der Waals surface area (Å²) in [5, 5.41) is 8.35. The molecule has 2 N–H and O–H groups in total. The minimum absolute atomic E-state index is 0.286. The van der Waals surface area contributed by atoms with Crippen molar-refractivity contribution in [1.82, 2.24) is 19.6 Å². The Bertz CT molecular complexity index is 528. The van der Waals surface area contributed by atoms with Crippen LogP contribution in [0.1, 0.15) is 23.0 Å². The van der Waals surface area contributed by atoms with E-state index in [1.165, 1.54) is 0 Å². The molecule has 0 aliphatic heterocycles. The van der Waals surface area contributed by atoms with Crippen molar-refractivity contribution in [2.75, 3.05) is 7.11 Å². The molecule has 0 aliphatic carbocycles. The molecule has 1 atom stereocenters. The van der Waals surface area contributed by atoms with Crippen molar-refractivity contribution < 1.29 is 4.74 Å². The maximum absolute atomic E-state index is 6.26. The van der Waals surface area contributed by atoms with E-state index in [0.717, 1.165) is 17.0 Å². The van der Waals surface area contributed by atoms with Gasteiger partial charge in [-0.05, 0) is 6.92 Å². The van der Waals surface area contributed by atoms with Gasteiger partial charge in [-0.1, -0.05) is 0 Å². The van der Waals surface area contributed by atoms with Crippen LogP contribution in [0.3, 0.4) is 0 Å². The molecule has 0 saturated carbocycles. The van der Waals surface area contributed by atoms with Crippen molar-refractivity contribution in [3.05, 3.63) is 29.3 Å². The molecule has 0 saturated heterocycles. The summed E-state index contributed by atoms with van der Waals surface area (Å²) < 4.78 is 8.80. The topological polar surface area (TPSA) is 70.9 Å². The summed E-state index contributed by atoms with van der Waals surface area (Å²) in [6.45, 7) is 1.99. The lowest BCUT2D eigenvalue weighted by Crippen LogP contribution is -2.17. The van der Waals surface area contributed by atoms with E-state index >= 15 is 0 Å². The van der Waals surface area contributed by atoms with Crippen LogP contribution < -0.4 is 10.5 Å². The summed E-state index contributed by atoms with van der Waals surface area (Å²) in [6.07, 6.45) is 3.45. The van der Waals surface area contributed by atoms with E-state index in [2.05, 4.69) is 10.2 Å². The molecule has 0 aliphatic rings. The van der Waals surface area contributed by atoms with Gasteiger partial charge >= 0.3 is 0 Å². The second kappa shape index (κ2) is 4.21. The second-order valence-corrected chi connectivity index (χ2v) is 4.01. The Hall–Kier alpha value is -1.82. The third-order valence-electron chi connectivity index (χ3n) is 3.07. The Kier molecular flexibility index (Phi) is 2.89. The van der Waals surface area contributed by atoms with Gasteiger partial charge in [-0.3, -0.25) is 9.36 Å². The van der Waals surface area contributed by atoms with Crippen LogP contribution in [0.4, 0.5) is 0 Å². The highest BCUT2D eigenvalue weighted by Gasteiger charge is 2.21. The zero-order valence-electron chi connectivity index (χ0n) is 10.5. The standard InChI is InChI=1S/C11H17N5O/c1-7-8(5-13-15(7)2)10(12)11-9(17-4)6-14-16(11)3/h5-6,10H,12H2,1-4H3. The third kappa shape index (κ3) is 1.80. The number of ether oxygens (including phenoxy) is 1. The zero-order valence-corrected chi connectivity index (χ0v) is 10.5. The van der Waals surface area contributed by atoms with E-state index in [1.807, 2.05) is 21.0 Å². The molecule has 0 bridgehead atoms. The monoisotopic (exact) mass is 235 g/mol. The van der Waals surface area contributed by atoms with E-state index in [9.17, 15) is 0 Å². The lowest BCUT2D eigenvalue weighted by atomic mass is 10.1. The Morgan fingerprint density at radius 3 is 2.41 bits per heavy atom. The van der Waals surface area contributed by atoms with Crippen LogP contribution in [-0.2, 0) is 14.1 Å². The van der Waals surface area contributed by atoms with Crippen LogP contribution in [0.5, 0.6) is 5.75 Å². The fraction of sp³-hybridized carbons (Fsp3) is 0.455. The van der Waals surface area contributed by atoms with Crippen LogP contribution in [-0.4, -0.2) is 26.7 Å². The van der Waals surface area contributed by atoms with Gasteiger partial charge in [-0.2, -0.15) is 10.2 Å². The second-order valence-electron chi connectivity index (χ2n) is 4.01. The molecule has 6 nitrogen and oxygen atoms in total. The van der Waals surface area contributed by atoms with Gasteiger partial charge in [0.15, 0.2) is 5.75 Å². The smallest absolute Gasteiger partial charge is 0.161 e. The Morgan fingerprint density at radius 1 is 1.24 bits per heavy atom. The average Bonchev–Trinajstić information content (AvgIpc) is 2.83. The Balaban J connectivity index is 2.46. The van der Waals surface area contributed by atoms with Crippen LogP contribution in [0.25, 0.3) is 0 Å². The molecule has 6 heteroatoms. The predicted octanol–water partition coefficient (Wildman–Crippen LogP) is 0.519. The summed E-state index contributed by atoms with van der Waals surface area (Å²) in [6, 6.07) is -0.286. The highest BCUT2D eigenvalue weighted by Crippen LogP contribution is 2.28. The first-order valence-corrected chi connectivity index (χ1v) is 5.36. The molecule has 2 aromatic heterocycles. The van der Waals surface area contributed by atoms with Crippen molar-refractivity contribution in [1.29, 1.82) is 0 Å². The average molecular weight is 235 g/mol. The first kappa shape index (κ1) is 11.7. The first-order chi connectivity index (χ1) is 8.06. The van der Waals surface area contributed by atoms with Crippen molar-refractivity contribution in [3.63, 3.8) is 0 Å². The maximum atomic E-state index is 6.26. The van der Waals surface area contributed by atoms with Crippen molar-refractivity contribution >= 4 is 0 Å². The van der Waals surface area contributed by atoms with Crippen molar-refractivity contribution in [2.45, 2.75) is 13.0 Å². The predicted molar refractivity (Wildman–Crippen MR) is 63.7 cm³/mol. The number of nitrogens with zero attached hydrogens (tertiary/aromatic N) is 4. The van der Waals surface area contributed by atoms with Gasteiger partial charge in [0.2, 0.25) is 0 Å². The number of nitrogens with two attached hydrogens (primary N) is 1. The van der Waals surface area contributed by atoms with Crippen LogP contribution >= 0.6 is 0 Å². The molecule has 0 amide bonds. The quantitative estimate of drug-likeness (QED) is 0.842. The number of aryl methyl sites for hydroxylation is 2. The minimum atomic E-state index is -0.286. The molecule has 2 aromatic rings. The lowest BCUT2D eigenvalue weighted by molar-refractivity contribution is 0.406. The normalized spacial score (nSPS) is 12.8. The van der Waals surface area contributed by atoms with Gasteiger partial charge < -0.3 is 10.5 Å². The van der Waals surface area contributed by atoms with Crippen LogP contribution in [0.2, 0.25) is 0 Å². The molecular formula is C11H17N5O. The van der Waals surface area contributed by atoms with Gasteiger partial charge in [0.05, 0.1) is 25.5 Å². The van der Waals surface area contributed by atoms with Crippen LogP contribution in [0, 0.1) is 6.92 Å². The Labute approximate surface area is 100.0 Å². The van der Waals surface area contributed by atoms with E-state index in [-0.39, 0.29) is 6.04 Å². The number of hydrogen-bond donors (Lipinski definition) is 1. The van der Waals surface area contributed by atoms with Crippen molar-refractivity contribution in [3.8, 4) is 5.75 Å². The highest BCUT2D eigenvalue weighted by atomic mass is 16.5. The lowest BCUT2D eigenvalue weighted by Gasteiger charge is -2.13. The number of methoxy groups -OCH3 is 1. The summed E-state index contributed by atoms with van der Waals surface area (Å²) >= 11 is 0. The number of aromatic nitrogens is 4. The molecule has 2 rings (SSSR count). The highest BCUT2D eigenvalue weighted by molar-refractivity contribution is 5.36. The summed E-state index contributed by atoms with van der Waals surface area (Å²) in [5.74, 6) is 0.697. The molecule has 0 radical (unpaired) electrons. The van der Waals surface area contributed by atoms with Crippen LogP contribution in [0.15, 0.2) is 12.4 Å². The largest absolute Gasteiger partial charge is 0.493 e. The fourth-order valence-electron chi connectivity index (χ4n) is 1.91. The van der Waals surface area contributed by atoms with Gasteiger partial charge in [0.25, 0.3) is 0 Å². The number of hydrogen-bond acceptors (Lipinski definition) is 4. The molecule has 1 unspecified atom stereocenters. The molecule has 92 valence electrons. The van der Waals surface area contributed by atoms with E-state index in [0.29, 0.717) is 5.75 Å². The Morgan fingerprint density at radius 2 is 1.88 bits per heavy atom. The zero-order chi connectivity index (χ0) is 12.6. The van der Waals surface area contributed by atoms with Gasteiger partial charge in [0, 0.05) is 25.4 Å². The molecule has 0 spiro atoms. The summed E-state index contributed by atoms with van der Waals surface area (Å²) in [7, 11) is 5.36. The molecular weight excluding hydrogens is 218 g/mol. The van der Waals surface area contributed by atoms with Gasteiger partial charge in [-0.25, -0.2) is 0 Å². The van der Waals surface area contributed by atoms with E-state index < -0.39 is 0 Å². The maximum Gasteiger partial charge on any atom is 0.161 e.